The summed E-state index contributed by atoms with van der Waals surface area (Å²) in [6, 6.07) is 9.47. The van der Waals surface area contributed by atoms with Gasteiger partial charge in [-0.05, 0) is 30.3 Å². The van der Waals surface area contributed by atoms with E-state index in [1.165, 1.54) is 0 Å². The molecule has 0 aliphatic carbocycles. The number of nitrogens with zero attached hydrogens (tertiary/aromatic N) is 2. The molecule has 5 nitrogen and oxygen atoms in total. The van der Waals surface area contributed by atoms with Crippen LogP contribution in [0, 0.1) is 0 Å². The summed E-state index contributed by atoms with van der Waals surface area (Å²) in [5.74, 6) is 0.603. The van der Waals surface area contributed by atoms with Crippen LogP contribution in [0.1, 0.15) is 5.82 Å². The highest BCUT2D eigenvalue weighted by Crippen LogP contribution is 2.27. The van der Waals surface area contributed by atoms with Crippen molar-refractivity contribution in [2.75, 3.05) is 0 Å². The van der Waals surface area contributed by atoms with Crippen LogP contribution in [0.2, 0.25) is 0 Å². The van der Waals surface area contributed by atoms with Gasteiger partial charge in [-0.25, -0.2) is 4.98 Å². The number of hydrogen-bond acceptors (Lipinski definition) is 3. The minimum atomic E-state index is -0.255. The average molecular weight is 344 g/mol. The van der Waals surface area contributed by atoms with Gasteiger partial charge in [0.1, 0.15) is 16.9 Å². The zero-order valence-electron chi connectivity index (χ0n) is 10.8. The number of H-pyrrole nitrogens is 1. The van der Waals surface area contributed by atoms with Gasteiger partial charge in [-0.1, -0.05) is 15.9 Å². The lowest BCUT2D eigenvalue weighted by molar-refractivity contribution is 0.656. The summed E-state index contributed by atoms with van der Waals surface area (Å²) in [6.07, 6.45) is 3.85. The summed E-state index contributed by atoms with van der Waals surface area (Å²) in [5, 5.41) is 0.833. The molecule has 0 unspecified atom stereocenters. The minimum Gasteiger partial charge on any atom is -0.449 e. The third kappa shape index (κ3) is 2.08. The van der Waals surface area contributed by atoms with Gasteiger partial charge in [0, 0.05) is 22.3 Å². The van der Waals surface area contributed by atoms with Crippen molar-refractivity contribution >= 4 is 38.0 Å². The molecule has 6 heteroatoms. The van der Waals surface area contributed by atoms with Crippen molar-refractivity contribution in [3.05, 3.63) is 63.4 Å². The number of aromatic nitrogens is 3. The van der Waals surface area contributed by atoms with Crippen molar-refractivity contribution < 1.29 is 4.42 Å². The van der Waals surface area contributed by atoms with E-state index in [1.807, 2.05) is 47.3 Å². The molecule has 4 rings (SSSR count). The number of rotatable bonds is 2. The standard InChI is InChI=1S/C15H10BrN3O2/c16-9-3-4-11-10(7-9)13-14(21-11)15(20)18-12(17-13)8-19-5-1-2-6-19/h1-7H,8H2,(H,17,18,20). The molecule has 104 valence electrons. The Balaban J connectivity index is 1.96. The molecule has 1 N–H and O–H groups in total. The SMILES string of the molecule is O=c1[nH]c(Cn2cccc2)nc2c1oc1ccc(Br)cc12. The molecule has 0 bridgehead atoms. The summed E-state index contributed by atoms with van der Waals surface area (Å²) in [6.45, 7) is 0.513. The second-order valence-corrected chi connectivity index (χ2v) is 5.70. The topological polar surface area (TPSA) is 63.8 Å². The first-order valence-electron chi connectivity index (χ1n) is 6.42. The van der Waals surface area contributed by atoms with E-state index in [0.717, 1.165) is 9.86 Å². The highest BCUT2D eigenvalue weighted by Gasteiger charge is 2.13. The lowest BCUT2D eigenvalue weighted by atomic mass is 10.2. The van der Waals surface area contributed by atoms with Gasteiger partial charge >= 0.3 is 0 Å². The van der Waals surface area contributed by atoms with Crippen LogP contribution in [0.5, 0.6) is 0 Å². The van der Waals surface area contributed by atoms with Gasteiger partial charge in [-0.15, -0.1) is 0 Å². The summed E-state index contributed by atoms with van der Waals surface area (Å²) >= 11 is 3.43. The lowest BCUT2D eigenvalue weighted by Crippen LogP contribution is -2.13. The molecular weight excluding hydrogens is 334 g/mol. The molecule has 1 aromatic carbocycles. The average Bonchev–Trinajstić information content (AvgIpc) is 3.07. The summed E-state index contributed by atoms with van der Waals surface area (Å²) in [7, 11) is 0. The quantitative estimate of drug-likeness (QED) is 0.607. The molecule has 0 aliphatic heterocycles. The number of aromatic amines is 1. The van der Waals surface area contributed by atoms with Crippen molar-refractivity contribution in [1.29, 1.82) is 0 Å². The van der Waals surface area contributed by atoms with E-state index in [0.29, 0.717) is 23.5 Å². The van der Waals surface area contributed by atoms with Crippen LogP contribution < -0.4 is 5.56 Å². The maximum atomic E-state index is 12.2. The first kappa shape index (κ1) is 12.4. The Hall–Kier alpha value is -2.34. The zero-order chi connectivity index (χ0) is 14.4. The van der Waals surface area contributed by atoms with Crippen LogP contribution >= 0.6 is 15.9 Å². The molecule has 0 fully saturated rings. The van der Waals surface area contributed by atoms with Gasteiger partial charge in [-0.3, -0.25) is 4.79 Å². The van der Waals surface area contributed by atoms with Crippen molar-refractivity contribution in [3.63, 3.8) is 0 Å². The van der Waals surface area contributed by atoms with Gasteiger partial charge in [0.25, 0.3) is 5.56 Å². The fourth-order valence-electron chi connectivity index (χ4n) is 2.40. The van der Waals surface area contributed by atoms with E-state index < -0.39 is 0 Å². The molecule has 0 spiro atoms. The van der Waals surface area contributed by atoms with E-state index in [4.69, 9.17) is 4.42 Å². The number of hydrogen-bond donors (Lipinski definition) is 1. The van der Waals surface area contributed by atoms with E-state index in [1.54, 1.807) is 0 Å². The van der Waals surface area contributed by atoms with Crippen LogP contribution in [-0.2, 0) is 6.54 Å². The smallest absolute Gasteiger partial charge is 0.294 e. The van der Waals surface area contributed by atoms with Gasteiger partial charge in [0.15, 0.2) is 0 Å². The molecule has 0 radical (unpaired) electrons. The lowest BCUT2D eigenvalue weighted by Gasteiger charge is -2.02. The maximum Gasteiger partial charge on any atom is 0.294 e. The Morgan fingerprint density at radius 1 is 1.29 bits per heavy atom. The first-order chi connectivity index (χ1) is 10.2. The molecule has 0 saturated heterocycles. The van der Waals surface area contributed by atoms with E-state index in [9.17, 15) is 4.79 Å². The normalized spacial score (nSPS) is 11.5. The first-order valence-corrected chi connectivity index (χ1v) is 7.22. The molecule has 21 heavy (non-hydrogen) atoms. The van der Waals surface area contributed by atoms with Gasteiger partial charge < -0.3 is 14.0 Å². The second kappa shape index (κ2) is 4.60. The van der Waals surface area contributed by atoms with Crippen molar-refractivity contribution in [2.45, 2.75) is 6.54 Å². The monoisotopic (exact) mass is 343 g/mol. The predicted octanol–water partition coefficient (Wildman–Crippen LogP) is 3.28. The zero-order valence-corrected chi connectivity index (χ0v) is 12.4. The fourth-order valence-corrected chi connectivity index (χ4v) is 2.76. The van der Waals surface area contributed by atoms with Crippen molar-refractivity contribution in [1.82, 2.24) is 14.5 Å². The van der Waals surface area contributed by atoms with Crippen LogP contribution in [0.3, 0.4) is 0 Å². The minimum absolute atomic E-state index is 0.255. The van der Waals surface area contributed by atoms with Crippen LogP contribution in [0.25, 0.3) is 22.1 Å². The number of furan rings is 1. The molecule has 0 saturated carbocycles. The van der Waals surface area contributed by atoms with Gasteiger partial charge in [-0.2, -0.15) is 0 Å². The van der Waals surface area contributed by atoms with E-state index in [-0.39, 0.29) is 11.1 Å². The van der Waals surface area contributed by atoms with Gasteiger partial charge in [0.2, 0.25) is 5.58 Å². The molecule has 0 aliphatic rings. The highest BCUT2D eigenvalue weighted by atomic mass is 79.9. The number of benzene rings is 1. The Morgan fingerprint density at radius 3 is 2.90 bits per heavy atom. The van der Waals surface area contributed by atoms with Crippen LogP contribution in [0.4, 0.5) is 0 Å². The highest BCUT2D eigenvalue weighted by molar-refractivity contribution is 9.10. The van der Waals surface area contributed by atoms with Gasteiger partial charge in [0.05, 0.1) is 6.54 Å². The third-order valence-electron chi connectivity index (χ3n) is 3.33. The van der Waals surface area contributed by atoms with E-state index >= 15 is 0 Å². The molecule has 4 aromatic rings. The Kier molecular flexibility index (Phi) is 2.71. The summed E-state index contributed by atoms with van der Waals surface area (Å²) < 4.78 is 8.46. The number of fused-ring (bicyclic) bond motifs is 3. The molecular formula is C15H10BrN3O2. The van der Waals surface area contributed by atoms with E-state index in [2.05, 4.69) is 25.9 Å². The Bertz CT molecular complexity index is 999. The third-order valence-corrected chi connectivity index (χ3v) is 3.83. The number of halogens is 1. The molecule has 0 atom stereocenters. The molecule has 0 amide bonds. The maximum absolute atomic E-state index is 12.2. The fraction of sp³-hybridized carbons (Fsp3) is 0.0667. The predicted molar refractivity (Wildman–Crippen MR) is 83.4 cm³/mol. The van der Waals surface area contributed by atoms with Crippen molar-refractivity contribution in [3.8, 4) is 0 Å². The summed E-state index contributed by atoms with van der Waals surface area (Å²) in [4.78, 5) is 19.5. The second-order valence-electron chi connectivity index (χ2n) is 4.79. The largest absolute Gasteiger partial charge is 0.449 e. The molecule has 3 heterocycles. The Labute approximate surface area is 127 Å². The Morgan fingerprint density at radius 2 is 2.10 bits per heavy atom. The summed E-state index contributed by atoms with van der Waals surface area (Å²) in [5.41, 5.74) is 1.26. The van der Waals surface area contributed by atoms with Crippen LogP contribution in [0.15, 0.2) is 56.4 Å². The van der Waals surface area contributed by atoms with Crippen LogP contribution in [-0.4, -0.2) is 14.5 Å². The molecule has 3 aromatic heterocycles. The van der Waals surface area contributed by atoms with Crippen molar-refractivity contribution in [2.24, 2.45) is 0 Å². The number of nitrogens with one attached hydrogen (secondary N) is 1.